The molecule has 32 heavy (non-hydrogen) atoms. The third kappa shape index (κ3) is 5.37. The Kier molecular flexibility index (Phi) is 6.92. The molecule has 4 rings (SSSR count). The van der Waals surface area contributed by atoms with Gasteiger partial charge in [0.15, 0.2) is 0 Å². The van der Waals surface area contributed by atoms with E-state index < -0.39 is 0 Å². The van der Waals surface area contributed by atoms with Crippen molar-refractivity contribution in [2.75, 3.05) is 36.4 Å². The maximum absolute atomic E-state index is 12.4. The van der Waals surface area contributed by atoms with Gasteiger partial charge in [-0.15, -0.1) is 0 Å². The molecule has 0 bridgehead atoms. The highest BCUT2D eigenvalue weighted by Crippen LogP contribution is 2.24. The first-order valence-corrected chi connectivity index (χ1v) is 11.6. The summed E-state index contributed by atoms with van der Waals surface area (Å²) >= 11 is 5.92. The molecule has 1 amide bonds. The minimum atomic E-state index is -0.0162. The number of amides is 1. The van der Waals surface area contributed by atoms with Gasteiger partial charge in [0.05, 0.1) is 11.2 Å². The van der Waals surface area contributed by atoms with E-state index in [0.29, 0.717) is 23.9 Å². The normalized spacial score (nSPS) is 14.8. The van der Waals surface area contributed by atoms with Gasteiger partial charge in [-0.25, -0.2) is 9.97 Å². The van der Waals surface area contributed by atoms with E-state index in [-0.39, 0.29) is 5.91 Å². The zero-order chi connectivity index (χ0) is 22.7. The molecule has 1 aliphatic rings. The number of hydrogen-bond acceptors (Lipinski definition) is 5. The lowest BCUT2D eigenvalue weighted by Crippen LogP contribution is -2.49. The van der Waals surface area contributed by atoms with Gasteiger partial charge in [0, 0.05) is 54.7 Å². The number of nitrogens with one attached hydrogen (secondary N) is 1. The van der Waals surface area contributed by atoms with Crippen LogP contribution in [-0.4, -0.2) is 53.0 Å². The third-order valence-corrected chi connectivity index (χ3v) is 6.29. The molecule has 168 valence electrons. The topological polar surface area (TPSA) is 61.4 Å². The molecule has 0 saturated carbocycles. The van der Waals surface area contributed by atoms with Crippen molar-refractivity contribution in [3.8, 4) is 0 Å². The summed E-state index contributed by atoms with van der Waals surface area (Å²) in [6.07, 6.45) is 1.09. The smallest absolute Gasteiger partial charge is 0.226 e. The summed E-state index contributed by atoms with van der Waals surface area (Å²) in [4.78, 5) is 26.7. The Morgan fingerprint density at radius 3 is 2.47 bits per heavy atom. The molecule has 0 spiro atoms. The van der Waals surface area contributed by atoms with Crippen molar-refractivity contribution in [3.63, 3.8) is 0 Å². The molecule has 0 aliphatic carbocycles. The van der Waals surface area contributed by atoms with Gasteiger partial charge >= 0.3 is 0 Å². The van der Waals surface area contributed by atoms with Crippen LogP contribution in [0.4, 0.5) is 11.6 Å². The Morgan fingerprint density at radius 2 is 1.78 bits per heavy atom. The van der Waals surface area contributed by atoms with Gasteiger partial charge in [-0.05, 0) is 63.1 Å². The largest absolute Gasteiger partial charge is 0.338 e. The quantitative estimate of drug-likeness (QED) is 0.589. The molecule has 1 aliphatic heterocycles. The van der Waals surface area contributed by atoms with Gasteiger partial charge in [-0.1, -0.05) is 23.7 Å². The van der Waals surface area contributed by atoms with E-state index in [4.69, 9.17) is 21.6 Å². The van der Waals surface area contributed by atoms with Crippen molar-refractivity contribution in [2.45, 2.75) is 39.7 Å². The molecule has 1 fully saturated rings. The Balaban J connectivity index is 1.41. The number of carbonyl (C=O) groups excluding carboxylic acids is 1. The maximum atomic E-state index is 12.4. The fourth-order valence-corrected chi connectivity index (χ4v) is 4.18. The molecule has 2 aromatic carbocycles. The predicted octanol–water partition coefficient (Wildman–Crippen LogP) is 4.69. The second-order valence-electron chi connectivity index (χ2n) is 8.63. The molecule has 2 heterocycles. The first-order valence-electron chi connectivity index (χ1n) is 11.2. The minimum Gasteiger partial charge on any atom is -0.338 e. The number of piperazine rings is 1. The Morgan fingerprint density at radius 1 is 1.06 bits per heavy atom. The number of carbonyl (C=O) groups is 1. The van der Waals surface area contributed by atoms with Gasteiger partial charge in [0.1, 0.15) is 0 Å². The highest BCUT2D eigenvalue weighted by atomic mass is 35.5. The van der Waals surface area contributed by atoms with Crippen LogP contribution in [0, 0.1) is 6.92 Å². The number of fused-ring (bicyclic) bond motifs is 1. The first kappa shape index (κ1) is 22.5. The number of nitrogens with zero attached hydrogens (tertiary/aromatic N) is 4. The van der Waals surface area contributed by atoms with Crippen molar-refractivity contribution in [1.29, 1.82) is 0 Å². The van der Waals surface area contributed by atoms with E-state index in [0.717, 1.165) is 60.0 Å². The zero-order valence-electron chi connectivity index (χ0n) is 18.9. The minimum absolute atomic E-state index is 0.0162. The van der Waals surface area contributed by atoms with Crippen molar-refractivity contribution in [2.24, 2.45) is 0 Å². The van der Waals surface area contributed by atoms with Crippen LogP contribution in [0.25, 0.3) is 10.9 Å². The number of benzene rings is 2. The van der Waals surface area contributed by atoms with Gasteiger partial charge in [-0.2, -0.15) is 0 Å². The van der Waals surface area contributed by atoms with Crippen molar-refractivity contribution in [3.05, 3.63) is 58.7 Å². The summed E-state index contributed by atoms with van der Waals surface area (Å²) in [5.74, 6) is 0.774. The number of halogens is 1. The lowest BCUT2D eigenvalue weighted by molar-refractivity contribution is -0.116. The zero-order valence-corrected chi connectivity index (χ0v) is 19.7. The van der Waals surface area contributed by atoms with Crippen LogP contribution >= 0.6 is 11.6 Å². The first-order chi connectivity index (χ1) is 15.4. The molecular formula is C25H30ClN5O. The van der Waals surface area contributed by atoms with E-state index in [1.807, 2.05) is 49.4 Å². The van der Waals surface area contributed by atoms with Crippen LogP contribution in [0.3, 0.4) is 0 Å². The van der Waals surface area contributed by atoms with Crippen molar-refractivity contribution < 1.29 is 4.79 Å². The van der Waals surface area contributed by atoms with Gasteiger partial charge < -0.3 is 10.2 Å². The Bertz CT molecular complexity index is 1090. The summed E-state index contributed by atoms with van der Waals surface area (Å²) in [5.41, 5.74) is 3.68. The monoisotopic (exact) mass is 451 g/mol. The third-order valence-electron chi connectivity index (χ3n) is 6.04. The van der Waals surface area contributed by atoms with Crippen LogP contribution in [0.5, 0.6) is 0 Å². The van der Waals surface area contributed by atoms with E-state index in [1.165, 1.54) is 0 Å². The summed E-state index contributed by atoms with van der Waals surface area (Å²) in [6.45, 7) is 10.4. The SMILES string of the molecule is Cc1nc(N2CCN(C(C)C)CC2)nc2ccc(NC(=O)CCc3ccc(Cl)cc3)cc12. The van der Waals surface area contributed by atoms with Gasteiger partial charge in [-0.3, -0.25) is 9.69 Å². The highest BCUT2D eigenvalue weighted by Gasteiger charge is 2.21. The fourth-order valence-electron chi connectivity index (χ4n) is 4.06. The maximum Gasteiger partial charge on any atom is 0.226 e. The lowest BCUT2D eigenvalue weighted by atomic mass is 10.1. The summed E-state index contributed by atoms with van der Waals surface area (Å²) in [6, 6.07) is 14.0. The van der Waals surface area contributed by atoms with E-state index in [9.17, 15) is 4.79 Å². The van der Waals surface area contributed by atoms with Crippen LogP contribution in [0.15, 0.2) is 42.5 Å². The number of anilines is 2. The lowest BCUT2D eigenvalue weighted by Gasteiger charge is -2.37. The van der Waals surface area contributed by atoms with Crippen molar-refractivity contribution >= 4 is 40.0 Å². The van der Waals surface area contributed by atoms with E-state index in [2.05, 4.69) is 29.0 Å². The van der Waals surface area contributed by atoms with Crippen LogP contribution < -0.4 is 10.2 Å². The summed E-state index contributed by atoms with van der Waals surface area (Å²) in [5, 5.41) is 4.66. The molecule has 0 radical (unpaired) electrons. The molecule has 0 atom stereocenters. The van der Waals surface area contributed by atoms with Crippen molar-refractivity contribution in [1.82, 2.24) is 14.9 Å². The number of aromatic nitrogens is 2. The molecular weight excluding hydrogens is 422 g/mol. The molecule has 1 aromatic heterocycles. The molecule has 0 unspecified atom stereocenters. The van der Waals surface area contributed by atoms with Gasteiger partial charge in [0.2, 0.25) is 11.9 Å². The molecule has 7 heteroatoms. The molecule has 1 N–H and O–H groups in total. The van der Waals surface area contributed by atoms with E-state index >= 15 is 0 Å². The second kappa shape index (κ2) is 9.84. The fraction of sp³-hybridized carbons (Fsp3) is 0.400. The predicted molar refractivity (Wildman–Crippen MR) is 132 cm³/mol. The van der Waals surface area contributed by atoms with Gasteiger partial charge in [0.25, 0.3) is 0 Å². The Hall–Kier alpha value is -2.70. The van der Waals surface area contributed by atoms with Crippen LogP contribution in [-0.2, 0) is 11.2 Å². The Labute approximate surface area is 194 Å². The molecule has 6 nitrogen and oxygen atoms in total. The number of aryl methyl sites for hydroxylation is 2. The second-order valence-corrected chi connectivity index (χ2v) is 9.07. The van der Waals surface area contributed by atoms with Crippen LogP contribution in [0.1, 0.15) is 31.5 Å². The standard InChI is InChI=1S/C25H30ClN5O/c1-17(2)30-12-14-31(15-13-30)25-27-18(3)22-16-21(9-10-23(22)29-25)28-24(32)11-6-19-4-7-20(26)8-5-19/h4-5,7-10,16-17H,6,11-15H2,1-3H3,(H,28,32). The highest BCUT2D eigenvalue weighted by molar-refractivity contribution is 6.30. The van der Waals surface area contributed by atoms with Crippen LogP contribution in [0.2, 0.25) is 5.02 Å². The summed E-state index contributed by atoms with van der Waals surface area (Å²) < 4.78 is 0. The average Bonchev–Trinajstić information content (AvgIpc) is 2.79. The average molecular weight is 452 g/mol. The number of hydrogen-bond donors (Lipinski definition) is 1. The molecule has 1 saturated heterocycles. The van der Waals surface area contributed by atoms with E-state index in [1.54, 1.807) is 0 Å². The summed E-state index contributed by atoms with van der Waals surface area (Å²) in [7, 11) is 0. The number of rotatable bonds is 6. The molecule has 3 aromatic rings.